The second-order valence-electron chi connectivity index (χ2n) is 18.3. The molecule has 0 amide bonds. The highest BCUT2D eigenvalue weighted by molar-refractivity contribution is 8.82. The zero-order chi connectivity index (χ0) is 74.7. The SMILES string of the molecule is CC1(C)OB(c2ccc3oc4cccc(-c5nc(-c6ccccc6)nc(-n6c7ccccc7c7cc(-c8ccccc8)ccc76)n5)c4c3c2)OC1(C)C.S=S=S=S=S=S=S=S=S=S=S=S=S=S=S=S=S=S=S=S=S=S=S=S=S=S=S=S=S=S=S=S=S=S=S=S=S=S=S=S=S=S=S=S=S=S=S=S=S=S=S=S=S=S. The van der Waals surface area contributed by atoms with Crippen molar-refractivity contribution in [2.45, 2.75) is 38.9 Å². The Hall–Kier alpha value is 5.79. The summed E-state index contributed by atoms with van der Waals surface area (Å²) in [4.78, 5) is 15.6. The third kappa shape index (κ3) is 35.5. The van der Waals surface area contributed by atoms with E-state index in [1.54, 1.807) is 107 Å². The van der Waals surface area contributed by atoms with Crippen LogP contribution in [0.25, 0.3) is 83.6 Å². The lowest BCUT2D eigenvalue weighted by Crippen LogP contribution is -2.41. The molecular formula is C45H35BN4O3S54. The summed E-state index contributed by atoms with van der Waals surface area (Å²) in [5.74, 6) is 1.67. The number of furan rings is 1. The average Bonchev–Trinajstić information content (AvgIpc) is 1.60. The number of benzene rings is 6. The number of hydrogen-bond donors (Lipinski definition) is 0. The van der Waals surface area contributed by atoms with E-state index in [9.17, 15) is 0 Å². The van der Waals surface area contributed by atoms with Crippen LogP contribution in [0.5, 0.6) is 0 Å². The fraction of sp³-hybridized carbons (Fsp3) is 0.133. The van der Waals surface area contributed by atoms with Gasteiger partial charge < -0.3 is 13.7 Å². The van der Waals surface area contributed by atoms with Crippen LogP contribution in [0, 0.1) is 0 Å². The van der Waals surface area contributed by atoms with Gasteiger partial charge in [0.05, 0.1) is 22.2 Å². The molecule has 107 heavy (non-hydrogen) atoms. The molecule has 1 fully saturated rings. The van der Waals surface area contributed by atoms with Gasteiger partial charge in [0.1, 0.15) is 11.2 Å². The van der Waals surface area contributed by atoms with Crippen molar-refractivity contribution in [3.05, 3.63) is 140 Å². The maximum atomic E-state index is 6.44. The number of para-hydroxylation sites is 1. The molecule has 0 atom stereocenters. The van der Waals surface area contributed by atoms with Crippen molar-refractivity contribution < 1.29 is 13.7 Å². The first kappa shape index (κ1) is 96.6. The van der Waals surface area contributed by atoms with Crippen LogP contribution in [0.2, 0.25) is 0 Å². The van der Waals surface area contributed by atoms with Gasteiger partial charge in [-0.1, -0.05) is 109 Å². The number of rotatable bonds is 5. The molecule has 62 heteroatoms. The molecule has 0 N–H and O–H groups in total. The predicted molar refractivity (Wildman–Crippen MR) is 611 cm³/mol. The monoisotopic (exact) mass is 2420 g/mol. The first-order valence-corrected chi connectivity index (χ1v) is 97.5. The Kier molecular flexibility index (Phi) is 53.1. The van der Waals surface area contributed by atoms with E-state index in [1.807, 2.05) is 398 Å². The Labute approximate surface area is 774 Å². The van der Waals surface area contributed by atoms with Crippen LogP contribution >= 0.6 is 0 Å². The van der Waals surface area contributed by atoms with Crippen LogP contribution < -0.4 is 5.46 Å². The van der Waals surface area contributed by atoms with Crippen LogP contribution in [0.3, 0.4) is 0 Å². The van der Waals surface area contributed by atoms with Crippen LogP contribution in [0.1, 0.15) is 27.7 Å². The van der Waals surface area contributed by atoms with E-state index in [0.717, 1.165) is 65.9 Å². The van der Waals surface area contributed by atoms with Crippen molar-refractivity contribution in [2.75, 3.05) is 0 Å². The number of aromatic nitrogens is 4. The summed E-state index contributed by atoms with van der Waals surface area (Å²) in [7, 11) is 92.5. The van der Waals surface area contributed by atoms with Crippen molar-refractivity contribution in [1.82, 2.24) is 19.5 Å². The summed E-state index contributed by atoms with van der Waals surface area (Å²) in [5, 5.41) is 4.12. The Bertz CT molecular complexity index is 7370. The van der Waals surface area contributed by atoms with Crippen LogP contribution in [0.4, 0.5) is 0 Å². The molecule has 0 aliphatic carbocycles. The lowest BCUT2D eigenvalue weighted by Gasteiger charge is -2.32. The molecule has 0 radical (unpaired) electrons. The Morgan fingerprint density at radius 2 is 0.664 bits per heavy atom. The minimum Gasteiger partial charge on any atom is -0.456 e. The molecular weight excluding hydrogens is 2390 g/mol. The third-order valence-corrected chi connectivity index (χ3v) is 126. The van der Waals surface area contributed by atoms with E-state index < -0.39 is 18.3 Å². The third-order valence-electron chi connectivity index (χ3n) is 12.3. The molecule has 0 spiro atoms. The molecule has 6 aromatic carbocycles. The van der Waals surface area contributed by atoms with E-state index in [4.69, 9.17) is 51.1 Å². The largest absolute Gasteiger partial charge is 0.494 e. The van der Waals surface area contributed by atoms with Gasteiger partial charge >= 0.3 is 7.12 Å². The van der Waals surface area contributed by atoms with Crippen LogP contribution in [-0.2, 0) is 493 Å². The van der Waals surface area contributed by atoms with Gasteiger partial charge in [-0.2, -0.15) is 9.97 Å². The topological polar surface area (TPSA) is 75.2 Å². The van der Waals surface area contributed by atoms with E-state index in [-0.39, 0.29) is 0 Å². The molecule has 3 aromatic heterocycles. The number of hydrogen-bond acceptors (Lipinski definition) is 8. The van der Waals surface area contributed by atoms with Gasteiger partial charge in [-0.25, -0.2) is 4.98 Å². The van der Waals surface area contributed by atoms with Crippen LogP contribution in [-0.4, -0.2) is 37.8 Å². The van der Waals surface area contributed by atoms with Crippen molar-refractivity contribution in [3.63, 3.8) is 0 Å². The molecule has 0 unspecified atom stereocenters. The summed E-state index contributed by atoms with van der Waals surface area (Å²) in [6, 6.07) is 47.8. The Morgan fingerprint density at radius 3 is 1.07 bits per heavy atom. The lowest BCUT2D eigenvalue weighted by atomic mass is 9.78. The molecule has 0 saturated carbocycles. The molecule has 4 heterocycles. The maximum absolute atomic E-state index is 6.44. The van der Waals surface area contributed by atoms with Gasteiger partial charge in [-0.3, -0.25) is 4.57 Å². The molecule has 0 bridgehead atoms. The van der Waals surface area contributed by atoms with Gasteiger partial charge in [-0.05, 0) is 74.6 Å². The first-order chi connectivity index (χ1) is 52.7. The maximum Gasteiger partial charge on any atom is 0.494 e. The van der Waals surface area contributed by atoms with Crippen LogP contribution in [0.15, 0.2) is 144 Å². The Balaban J connectivity index is 0.000000247. The van der Waals surface area contributed by atoms with E-state index in [2.05, 4.69) is 111 Å². The highest BCUT2D eigenvalue weighted by atomic mass is 33.5. The zero-order valence-electron chi connectivity index (χ0n) is 51.9. The molecule has 580 valence electrons. The average molecular weight is 2420 g/mol. The summed E-state index contributed by atoms with van der Waals surface area (Å²) < 4.78 is 21.5. The summed E-state index contributed by atoms with van der Waals surface area (Å²) in [6.07, 6.45) is 0. The van der Waals surface area contributed by atoms with Gasteiger partial charge in [-0.15, -0.1) is 0 Å². The first-order valence-electron chi connectivity index (χ1n) is 26.8. The normalized spacial score (nSPS) is 11.5. The summed E-state index contributed by atoms with van der Waals surface area (Å²) >= 11 is 9.63. The molecule has 1 saturated heterocycles. The number of fused-ring (bicyclic) bond motifs is 6. The van der Waals surface area contributed by atoms with Gasteiger partial charge in [0.15, 0.2) is 11.6 Å². The quantitative estimate of drug-likeness (QED) is 0.158. The fourth-order valence-corrected chi connectivity index (χ4v) is 145. The molecule has 7 nitrogen and oxygen atoms in total. The minimum absolute atomic E-state index is 0.457. The summed E-state index contributed by atoms with van der Waals surface area (Å²) in [6.45, 7) is 8.27. The van der Waals surface area contributed by atoms with E-state index in [1.165, 1.54) is 23.3 Å². The summed E-state index contributed by atoms with van der Waals surface area (Å²) in [5.41, 5.74) is 7.63. The number of nitrogens with zero attached hydrogens (tertiary/aromatic N) is 4. The molecule has 10 rings (SSSR count). The predicted octanol–water partition coefficient (Wildman–Crippen LogP) is 10.0. The molecule has 1 aliphatic heterocycles. The van der Waals surface area contributed by atoms with Gasteiger partial charge in [0, 0.05) is 517 Å². The zero-order valence-corrected chi connectivity index (χ0v) is 96.0. The van der Waals surface area contributed by atoms with Crippen molar-refractivity contribution in [2.24, 2.45) is 0 Å². The smallest absolute Gasteiger partial charge is 0.456 e. The highest BCUT2D eigenvalue weighted by Gasteiger charge is 2.51. The van der Waals surface area contributed by atoms with E-state index in [0.29, 0.717) is 17.6 Å². The second kappa shape index (κ2) is 58.8. The second-order valence-corrected chi connectivity index (χ2v) is 110. The highest BCUT2D eigenvalue weighted by Crippen LogP contribution is 2.40. The van der Waals surface area contributed by atoms with Gasteiger partial charge in [0.2, 0.25) is 5.95 Å². The Morgan fingerprint density at radius 1 is 0.299 bits per heavy atom. The van der Waals surface area contributed by atoms with Gasteiger partial charge in [0.25, 0.3) is 0 Å². The van der Waals surface area contributed by atoms with Crippen molar-refractivity contribution in [1.29, 1.82) is 0 Å². The lowest BCUT2D eigenvalue weighted by molar-refractivity contribution is 0.00578. The van der Waals surface area contributed by atoms with Crippen molar-refractivity contribution in [3.8, 4) is 39.9 Å². The van der Waals surface area contributed by atoms with E-state index >= 15 is 0 Å². The molecule has 9 aromatic rings. The minimum atomic E-state index is -0.507. The standard InChI is InChI=1S/C45H35BN4O3.S54/c1-44(2)45(3,4)53-46(52-44)31-23-25-38-35(27-31)40-33(19-13-21-39(40)51-38)42-47-41(29-16-9-6-10-17-29)48-43(49-42)50-36-20-12-11-18-32(36)34-26-30(22-24-37(34)50)28-14-7-5-8-15-28;1-3-5-7-9-11-13-15-17-19-21-23-25-27-29-31-33-35-37-39-41-43-45-47-49-51-53-54-52-50-48-46-44-42-40-38-36-34-32-30-28-26-24-22-20-18-16-14-12-10-8-6-4-2/h5-27H,1-4H3;. The fourth-order valence-electron chi connectivity index (χ4n) is 8.02. The van der Waals surface area contributed by atoms with Crippen molar-refractivity contribution >= 4 is 540 Å². The molecule has 1 aliphatic rings.